The van der Waals surface area contributed by atoms with Crippen molar-refractivity contribution in [3.05, 3.63) is 34.3 Å². The SMILES string of the molecule is CC(NC(=O)C1CCNC1)c1ccccc1Br.Cl. The minimum absolute atomic E-state index is 0. The molecule has 0 aromatic heterocycles. The van der Waals surface area contributed by atoms with Gasteiger partial charge in [0.15, 0.2) is 0 Å². The van der Waals surface area contributed by atoms with Gasteiger partial charge in [-0.25, -0.2) is 0 Å². The molecule has 1 aliphatic heterocycles. The van der Waals surface area contributed by atoms with E-state index in [1.165, 1.54) is 0 Å². The molecule has 2 atom stereocenters. The van der Waals surface area contributed by atoms with E-state index in [0.29, 0.717) is 0 Å². The molecule has 1 fully saturated rings. The van der Waals surface area contributed by atoms with Crippen molar-refractivity contribution < 1.29 is 4.79 Å². The molecule has 5 heteroatoms. The minimum Gasteiger partial charge on any atom is -0.349 e. The van der Waals surface area contributed by atoms with Crippen LogP contribution in [0, 0.1) is 5.92 Å². The van der Waals surface area contributed by atoms with Crippen molar-refractivity contribution in [3.8, 4) is 0 Å². The monoisotopic (exact) mass is 332 g/mol. The van der Waals surface area contributed by atoms with Crippen molar-refractivity contribution >= 4 is 34.2 Å². The van der Waals surface area contributed by atoms with Gasteiger partial charge < -0.3 is 10.6 Å². The number of hydrogen-bond acceptors (Lipinski definition) is 2. The summed E-state index contributed by atoms with van der Waals surface area (Å²) in [5.74, 6) is 0.276. The average molecular weight is 334 g/mol. The predicted molar refractivity (Wildman–Crippen MR) is 78.9 cm³/mol. The maximum absolute atomic E-state index is 12.0. The van der Waals surface area contributed by atoms with Gasteiger partial charge in [-0.3, -0.25) is 4.79 Å². The zero-order valence-electron chi connectivity index (χ0n) is 10.3. The first kappa shape index (κ1) is 15.5. The van der Waals surface area contributed by atoms with E-state index < -0.39 is 0 Å². The van der Waals surface area contributed by atoms with Crippen molar-refractivity contribution in [2.45, 2.75) is 19.4 Å². The molecule has 1 aromatic rings. The van der Waals surface area contributed by atoms with Crippen LogP contribution in [-0.2, 0) is 4.79 Å². The summed E-state index contributed by atoms with van der Waals surface area (Å²) in [4.78, 5) is 12.0. The summed E-state index contributed by atoms with van der Waals surface area (Å²) in [6, 6.07) is 8.03. The van der Waals surface area contributed by atoms with Crippen LogP contribution in [0.2, 0.25) is 0 Å². The molecule has 2 N–H and O–H groups in total. The van der Waals surface area contributed by atoms with Crippen molar-refractivity contribution in [2.75, 3.05) is 13.1 Å². The van der Waals surface area contributed by atoms with E-state index in [0.717, 1.165) is 29.5 Å². The Morgan fingerprint density at radius 3 is 2.83 bits per heavy atom. The van der Waals surface area contributed by atoms with Crippen LogP contribution in [0.1, 0.15) is 24.9 Å². The Labute approximate surface area is 122 Å². The largest absolute Gasteiger partial charge is 0.349 e. The molecule has 0 spiro atoms. The second kappa shape index (κ2) is 7.12. The van der Waals surface area contributed by atoms with Crippen molar-refractivity contribution in [1.29, 1.82) is 0 Å². The topological polar surface area (TPSA) is 41.1 Å². The smallest absolute Gasteiger partial charge is 0.224 e. The Hall–Kier alpha value is -0.580. The second-order valence-corrected chi connectivity index (χ2v) is 5.30. The lowest BCUT2D eigenvalue weighted by Gasteiger charge is -2.18. The number of rotatable bonds is 3. The normalized spacial score (nSPS) is 20.0. The number of nitrogens with one attached hydrogen (secondary N) is 2. The van der Waals surface area contributed by atoms with Gasteiger partial charge in [-0.2, -0.15) is 0 Å². The van der Waals surface area contributed by atoms with Crippen LogP contribution >= 0.6 is 28.3 Å². The summed E-state index contributed by atoms with van der Waals surface area (Å²) in [6.45, 7) is 3.76. The van der Waals surface area contributed by atoms with Crippen LogP contribution in [0.25, 0.3) is 0 Å². The zero-order valence-corrected chi connectivity index (χ0v) is 12.7. The zero-order chi connectivity index (χ0) is 12.3. The Morgan fingerprint density at radius 2 is 2.22 bits per heavy atom. The van der Waals surface area contributed by atoms with E-state index in [4.69, 9.17) is 0 Å². The standard InChI is InChI=1S/C13H17BrN2O.ClH/c1-9(11-4-2-3-5-12(11)14)16-13(17)10-6-7-15-8-10;/h2-5,9-10,15H,6-8H2,1H3,(H,16,17);1H. The van der Waals surface area contributed by atoms with E-state index >= 15 is 0 Å². The molecule has 1 heterocycles. The van der Waals surface area contributed by atoms with Gasteiger partial charge in [0.1, 0.15) is 0 Å². The van der Waals surface area contributed by atoms with Gasteiger partial charge in [-0.15, -0.1) is 12.4 Å². The number of hydrogen-bond donors (Lipinski definition) is 2. The Kier molecular flexibility index (Phi) is 6.12. The van der Waals surface area contributed by atoms with Gasteiger partial charge >= 0.3 is 0 Å². The summed E-state index contributed by atoms with van der Waals surface area (Å²) in [5.41, 5.74) is 1.12. The lowest BCUT2D eigenvalue weighted by Crippen LogP contribution is -2.33. The summed E-state index contributed by atoms with van der Waals surface area (Å²) in [5, 5.41) is 6.28. The fourth-order valence-electron chi connectivity index (χ4n) is 2.11. The molecule has 100 valence electrons. The number of carbonyl (C=O) groups is 1. The summed E-state index contributed by atoms with van der Waals surface area (Å²) < 4.78 is 1.04. The fourth-order valence-corrected chi connectivity index (χ4v) is 2.74. The molecule has 1 aromatic carbocycles. The maximum Gasteiger partial charge on any atom is 0.224 e. The minimum atomic E-state index is 0. The van der Waals surface area contributed by atoms with E-state index in [1.54, 1.807) is 0 Å². The number of amides is 1. The van der Waals surface area contributed by atoms with Gasteiger partial charge in [-0.1, -0.05) is 34.1 Å². The molecule has 1 saturated heterocycles. The summed E-state index contributed by atoms with van der Waals surface area (Å²) >= 11 is 3.51. The molecule has 1 aliphatic rings. The molecular weight excluding hydrogens is 316 g/mol. The number of halogens is 2. The lowest BCUT2D eigenvalue weighted by atomic mass is 10.1. The van der Waals surface area contributed by atoms with Gasteiger partial charge in [0, 0.05) is 11.0 Å². The molecule has 3 nitrogen and oxygen atoms in total. The van der Waals surface area contributed by atoms with Crippen LogP contribution in [0.3, 0.4) is 0 Å². The highest BCUT2D eigenvalue weighted by molar-refractivity contribution is 9.10. The first-order valence-electron chi connectivity index (χ1n) is 5.94. The average Bonchev–Trinajstić information content (AvgIpc) is 2.82. The first-order chi connectivity index (χ1) is 8.18. The van der Waals surface area contributed by atoms with Gasteiger partial charge in [0.25, 0.3) is 0 Å². The second-order valence-electron chi connectivity index (χ2n) is 4.44. The van der Waals surface area contributed by atoms with Gasteiger partial charge in [0.2, 0.25) is 5.91 Å². The van der Waals surface area contributed by atoms with Crippen molar-refractivity contribution in [1.82, 2.24) is 10.6 Å². The highest BCUT2D eigenvalue weighted by Gasteiger charge is 2.23. The summed E-state index contributed by atoms with van der Waals surface area (Å²) in [6.07, 6.45) is 0.939. The quantitative estimate of drug-likeness (QED) is 0.893. The third-order valence-electron chi connectivity index (χ3n) is 3.16. The first-order valence-corrected chi connectivity index (χ1v) is 6.73. The molecule has 2 unspecified atom stereocenters. The van der Waals surface area contributed by atoms with Crippen LogP contribution in [0.15, 0.2) is 28.7 Å². The van der Waals surface area contributed by atoms with E-state index in [-0.39, 0.29) is 30.3 Å². The molecule has 0 bridgehead atoms. The maximum atomic E-state index is 12.0. The van der Waals surface area contributed by atoms with Crippen LogP contribution in [-0.4, -0.2) is 19.0 Å². The van der Waals surface area contributed by atoms with Crippen molar-refractivity contribution in [3.63, 3.8) is 0 Å². The van der Waals surface area contributed by atoms with Gasteiger partial charge in [-0.05, 0) is 31.5 Å². The molecule has 2 rings (SSSR count). The van der Waals surface area contributed by atoms with Crippen LogP contribution < -0.4 is 10.6 Å². The fraction of sp³-hybridized carbons (Fsp3) is 0.462. The molecular formula is C13H18BrClN2O. The van der Waals surface area contributed by atoms with Gasteiger partial charge in [0.05, 0.1) is 12.0 Å². The lowest BCUT2D eigenvalue weighted by molar-refractivity contribution is -0.125. The molecule has 0 radical (unpaired) electrons. The number of carbonyl (C=O) groups excluding carboxylic acids is 1. The molecule has 1 amide bonds. The predicted octanol–water partition coefficient (Wildman–Crippen LogP) is 2.66. The Bertz CT molecular complexity index is 408. The van der Waals surface area contributed by atoms with E-state index in [2.05, 4.69) is 26.6 Å². The molecule has 0 aliphatic carbocycles. The third kappa shape index (κ3) is 3.70. The van der Waals surface area contributed by atoms with E-state index in [1.807, 2.05) is 31.2 Å². The van der Waals surface area contributed by atoms with Crippen LogP contribution in [0.5, 0.6) is 0 Å². The summed E-state index contributed by atoms with van der Waals surface area (Å²) in [7, 11) is 0. The third-order valence-corrected chi connectivity index (χ3v) is 3.88. The van der Waals surface area contributed by atoms with Crippen molar-refractivity contribution in [2.24, 2.45) is 5.92 Å². The molecule has 18 heavy (non-hydrogen) atoms. The van der Waals surface area contributed by atoms with Crippen LogP contribution in [0.4, 0.5) is 0 Å². The Morgan fingerprint density at radius 1 is 1.50 bits per heavy atom. The molecule has 0 saturated carbocycles. The highest BCUT2D eigenvalue weighted by atomic mass is 79.9. The Balaban J connectivity index is 0.00000162. The van der Waals surface area contributed by atoms with E-state index in [9.17, 15) is 4.79 Å². The highest BCUT2D eigenvalue weighted by Crippen LogP contribution is 2.23. The number of benzene rings is 1.